The zero-order chi connectivity index (χ0) is 21.1. The first-order valence-electron chi connectivity index (χ1n) is 10.3. The van der Waals surface area contributed by atoms with Crippen LogP contribution in [0.4, 0.5) is 5.69 Å². The van der Waals surface area contributed by atoms with E-state index < -0.39 is 0 Å². The van der Waals surface area contributed by atoms with E-state index in [0.29, 0.717) is 15.7 Å². The number of anilines is 1. The lowest BCUT2D eigenvalue weighted by atomic mass is 9.97. The summed E-state index contributed by atoms with van der Waals surface area (Å²) in [6.07, 6.45) is 3.92. The fourth-order valence-electron chi connectivity index (χ4n) is 3.96. The number of rotatable bonds is 5. The number of carbonyl (C=O) groups is 1. The van der Waals surface area contributed by atoms with E-state index in [9.17, 15) is 9.59 Å². The summed E-state index contributed by atoms with van der Waals surface area (Å²) in [7, 11) is 2.10. The normalized spacial score (nSPS) is 16.9. The number of likely N-dealkylation sites (N-methyl/N-ethyl adjacent to an activating group) is 1. The molecule has 1 aromatic heterocycles. The summed E-state index contributed by atoms with van der Waals surface area (Å²) in [5.41, 5.74) is 2.54. The zero-order valence-electron chi connectivity index (χ0n) is 17.1. The van der Waals surface area contributed by atoms with Gasteiger partial charge in [-0.2, -0.15) is 4.98 Å². The van der Waals surface area contributed by atoms with Crippen molar-refractivity contribution in [3.8, 4) is 0 Å². The molecule has 2 heterocycles. The van der Waals surface area contributed by atoms with Gasteiger partial charge in [0.25, 0.3) is 0 Å². The molecular formula is C21H26ClN5O2S. The first-order chi connectivity index (χ1) is 14.5. The number of fused-ring (bicyclic) bond motifs is 1. The van der Waals surface area contributed by atoms with E-state index in [1.807, 2.05) is 12.1 Å². The second kappa shape index (κ2) is 9.41. The third-order valence-corrected chi connectivity index (χ3v) is 6.93. The van der Waals surface area contributed by atoms with Crippen molar-refractivity contribution in [2.24, 2.45) is 0 Å². The number of halogens is 1. The molecular weight excluding hydrogens is 422 g/mol. The van der Waals surface area contributed by atoms with E-state index in [4.69, 9.17) is 11.6 Å². The number of para-hydroxylation sites is 1. The van der Waals surface area contributed by atoms with Crippen LogP contribution in [0.2, 0.25) is 5.02 Å². The first kappa shape index (κ1) is 21.2. The van der Waals surface area contributed by atoms with Gasteiger partial charge in [-0.1, -0.05) is 35.5 Å². The van der Waals surface area contributed by atoms with Crippen LogP contribution >= 0.6 is 23.4 Å². The van der Waals surface area contributed by atoms with Crippen molar-refractivity contribution < 1.29 is 4.79 Å². The number of hydrogen-bond donors (Lipinski definition) is 1. The van der Waals surface area contributed by atoms with Gasteiger partial charge in [-0.05, 0) is 44.9 Å². The molecule has 0 unspecified atom stereocenters. The average Bonchev–Trinajstić information content (AvgIpc) is 2.75. The molecule has 1 saturated heterocycles. The van der Waals surface area contributed by atoms with E-state index >= 15 is 0 Å². The van der Waals surface area contributed by atoms with Gasteiger partial charge < -0.3 is 15.2 Å². The Bertz CT molecular complexity index is 988. The van der Waals surface area contributed by atoms with Crippen molar-refractivity contribution in [3.63, 3.8) is 0 Å². The van der Waals surface area contributed by atoms with E-state index in [1.54, 1.807) is 16.8 Å². The van der Waals surface area contributed by atoms with E-state index in [2.05, 4.69) is 27.3 Å². The van der Waals surface area contributed by atoms with Crippen molar-refractivity contribution in [1.29, 1.82) is 0 Å². The highest BCUT2D eigenvalue weighted by Crippen LogP contribution is 2.29. The Kier molecular flexibility index (Phi) is 6.65. The molecule has 1 aliphatic heterocycles. The lowest BCUT2D eigenvalue weighted by molar-refractivity contribution is -0.113. The molecule has 0 spiro atoms. The summed E-state index contributed by atoms with van der Waals surface area (Å²) in [5.74, 6) is 0.0190. The van der Waals surface area contributed by atoms with Crippen molar-refractivity contribution in [2.75, 3.05) is 49.3 Å². The summed E-state index contributed by atoms with van der Waals surface area (Å²) in [6, 6.07) is 7.14. The predicted molar refractivity (Wildman–Crippen MR) is 121 cm³/mol. The van der Waals surface area contributed by atoms with Crippen LogP contribution in [0.5, 0.6) is 0 Å². The summed E-state index contributed by atoms with van der Waals surface area (Å²) in [5, 5.41) is 6.14. The summed E-state index contributed by atoms with van der Waals surface area (Å²) in [6.45, 7) is 3.49. The fourth-order valence-corrected chi connectivity index (χ4v) is 5.02. The highest BCUT2D eigenvalue weighted by atomic mass is 35.5. The highest BCUT2D eigenvalue weighted by Gasteiger charge is 2.25. The van der Waals surface area contributed by atoms with E-state index in [-0.39, 0.29) is 17.3 Å². The van der Waals surface area contributed by atoms with Crippen molar-refractivity contribution in [2.45, 2.75) is 30.7 Å². The van der Waals surface area contributed by atoms with Crippen LogP contribution < -0.4 is 16.0 Å². The number of amides is 1. The molecule has 0 saturated carbocycles. The van der Waals surface area contributed by atoms with Crippen molar-refractivity contribution in [3.05, 3.63) is 51.0 Å². The maximum Gasteiger partial charge on any atom is 0.367 e. The quantitative estimate of drug-likeness (QED) is 0.560. The Labute approximate surface area is 185 Å². The predicted octanol–water partition coefficient (Wildman–Crippen LogP) is 2.39. The van der Waals surface area contributed by atoms with Crippen LogP contribution in [0.3, 0.4) is 0 Å². The van der Waals surface area contributed by atoms with Gasteiger partial charge in [0.05, 0.1) is 22.2 Å². The molecule has 0 radical (unpaired) electrons. The molecule has 30 heavy (non-hydrogen) atoms. The minimum atomic E-state index is -0.241. The summed E-state index contributed by atoms with van der Waals surface area (Å²) >= 11 is 7.45. The number of carbonyl (C=O) groups excluding carboxylic acids is 1. The number of benzene rings is 1. The lowest BCUT2D eigenvalue weighted by Gasteiger charge is -2.37. The Hall–Kier alpha value is -2.03. The van der Waals surface area contributed by atoms with Crippen LogP contribution in [0.1, 0.15) is 24.1 Å². The minimum Gasteiger partial charge on any atom is -0.324 e. The molecule has 0 atom stereocenters. The zero-order valence-corrected chi connectivity index (χ0v) is 18.6. The van der Waals surface area contributed by atoms with Crippen LogP contribution in [-0.4, -0.2) is 59.4 Å². The SMILES string of the molecule is CN1CCN(n2c3c(c(SCC(=O)Nc4ccccc4Cl)nc2=O)CCCC3)CC1. The van der Waals surface area contributed by atoms with Gasteiger partial charge in [0.15, 0.2) is 0 Å². The molecule has 1 aromatic carbocycles. The van der Waals surface area contributed by atoms with E-state index in [1.165, 1.54) is 11.8 Å². The standard InChI is InChI=1S/C21H26ClN5O2S/c1-25-10-12-26(13-11-25)27-18-9-5-2-6-15(18)20(24-21(27)29)30-14-19(28)23-17-8-4-3-7-16(17)22/h3-4,7-8H,2,5-6,9-14H2,1H3,(H,23,28). The molecule has 2 aliphatic rings. The molecule has 1 N–H and O–H groups in total. The molecule has 1 fully saturated rings. The topological polar surface area (TPSA) is 70.5 Å². The molecule has 1 amide bonds. The van der Waals surface area contributed by atoms with Crippen LogP contribution in [0, 0.1) is 0 Å². The molecule has 7 nitrogen and oxygen atoms in total. The number of piperazine rings is 1. The lowest BCUT2D eigenvalue weighted by Crippen LogP contribution is -2.54. The molecule has 9 heteroatoms. The third-order valence-electron chi connectivity index (χ3n) is 5.58. The van der Waals surface area contributed by atoms with Gasteiger partial charge in [0.2, 0.25) is 5.91 Å². The van der Waals surface area contributed by atoms with Crippen LogP contribution in [0.15, 0.2) is 34.1 Å². The number of nitrogens with zero attached hydrogens (tertiary/aromatic N) is 4. The second-order valence-electron chi connectivity index (χ2n) is 7.72. The highest BCUT2D eigenvalue weighted by molar-refractivity contribution is 8.00. The van der Waals surface area contributed by atoms with Gasteiger partial charge in [0.1, 0.15) is 5.03 Å². The molecule has 160 valence electrons. The monoisotopic (exact) mass is 447 g/mol. The molecule has 2 aromatic rings. The maximum absolute atomic E-state index is 12.9. The Balaban J connectivity index is 1.53. The average molecular weight is 448 g/mol. The Morgan fingerprint density at radius 1 is 1.17 bits per heavy atom. The van der Waals surface area contributed by atoms with Gasteiger partial charge in [-0.15, -0.1) is 0 Å². The Morgan fingerprint density at radius 3 is 2.67 bits per heavy atom. The molecule has 4 rings (SSSR count). The molecule has 1 aliphatic carbocycles. The second-order valence-corrected chi connectivity index (χ2v) is 9.09. The van der Waals surface area contributed by atoms with Gasteiger partial charge in [-0.3, -0.25) is 4.79 Å². The van der Waals surface area contributed by atoms with Crippen molar-refractivity contribution in [1.82, 2.24) is 14.6 Å². The van der Waals surface area contributed by atoms with Crippen LogP contribution in [0.25, 0.3) is 0 Å². The number of nitrogens with one attached hydrogen (secondary N) is 1. The Morgan fingerprint density at radius 2 is 1.90 bits per heavy atom. The first-order valence-corrected chi connectivity index (χ1v) is 11.6. The summed E-state index contributed by atoms with van der Waals surface area (Å²) in [4.78, 5) is 32.0. The minimum absolute atomic E-state index is 0.164. The van der Waals surface area contributed by atoms with Crippen LogP contribution in [-0.2, 0) is 17.6 Å². The number of hydrogen-bond acceptors (Lipinski definition) is 6. The third kappa shape index (κ3) is 4.66. The summed E-state index contributed by atoms with van der Waals surface area (Å²) < 4.78 is 1.80. The van der Waals surface area contributed by atoms with Gasteiger partial charge in [-0.25, -0.2) is 9.47 Å². The smallest absolute Gasteiger partial charge is 0.324 e. The number of thioether (sulfide) groups is 1. The number of aromatic nitrogens is 2. The molecule has 0 bridgehead atoms. The maximum atomic E-state index is 12.9. The van der Waals surface area contributed by atoms with Crippen molar-refractivity contribution >= 4 is 35.0 Å². The fraction of sp³-hybridized carbons (Fsp3) is 0.476. The van der Waals surface area contributed by atoms with E-state index in [0.717, 1.165) is 63.1 Å². The van der Waals surface area contributed by atoms with Gasteiger partial charge in [0, 0.05) is 31.7 Å². The largest absolute Gasteiger partial charge is 0.367 e. The van der Waals surface area contributed by atoms with Gasteiger partial charge >= 0.3 is 5.69 Å².